The molecule has 34 heavy (non-hydrogen) atoms. The molecule has 9 heteroatoms. The molecule has 2 atom stereocenters. The van der Waals surface area contributed by atoms with Crippen LogP contribution in [0.1, 0.15) is 50.2 Å². The first kappa shape index (κ1) is 21.1. The highest BCUT2D eigenvalue weighted by molar-refractivity contribution is 7.77. The van der Waals surface area contributed by atoms with E-state index in [0.717, 1.165) is 37.0 Å². The van der Waals surface area contributed by atoms with Gasteiger partial charge in [0.05, 0.1) is 17.5 Å². The average Bonchev–Trinajstić information content (AvgIpc) is 2.73. The van der Waals surface area contributed by atoms with Crippen molar-refractivity contribution in [3.8, 4) is 34.1 Å². The summed E-state index contributed by atoms with van der Waals surface area (Å²) in [7, 11) is -3.58. The molecule has 0 amide bonds. The normalized spacial score (nSPS) is 36.8. The maximum Gasteiger partial charge on any atom is 0.272 e. The summed E-state index contributed by atoms with van der Waals surface area (Å²) in [4.78, 5) is 9.69. The van der Waals surface area contributed by atoms with Gasteiger partial charge in [-0.3, -0.25) is 4.57 Å². The maximum absolute atomic E-state index is 13.8. The number of phenols is 4. The van der Waals surface area contributed by atoms with Crippen molar-refractivity contribution in [2.45, 2.75) is 44.6 Å². The van der Waals surface area contributed by atoms with Crippen LogP contribution in [0.3, 0.4) is 0 Å². The molecular formula is C25H27O8P. The van der Waals surface area contributed by atoms with Gasteiger partial charge >= 0.3 is 0 Å². The molecule has 0 aromatic heterocycles. The zero-order chi connectivity index (χ0) is 23.4. The Balaban J connectivity index is 1.21. The molecule has 8 nitrogen and oxygen atoms in total. The van der Waals surface area contributed by atoms with Crippen LogP contribution in [0.5, 0.6) is 23.0 Å². The van der Waals surface area contributed by atoms with E-state index in [9.17, 15) is 25.0 Å². The first-order valence-electron chi connectivity index (χ1n) is 12.0. The van der Waals surface area contributed by atoms with Crippen molar-refractivity contribution in [2.75, 3.05) is 13.2 Å². The second-order valence-corrected chi connectivity index (χ2v) is 13.3. The van der Waals surface area contributed by atoms with E-state index in [1.165, 1.54) is 37.5 Å². The topological polar surface area (TPSA) is 126 Å². The number of phenolic OH excluding ortho intramolecular Hbond substituents is 4. The van der Waals surface area contributed by atoms with Crippen LogP contribution in [0.4, 0.5) is 0 Å². The first-order chi connectivity index (χ1) is 16.3. The van der Waals surface area contributed by atoms with Gasteiger partial charge in [0.15, 0.2) is 0 Å². The summed E-state index contributed by atoms with van der Waals surface area (Å²) in [5.41, 5.74) is 0.506. The second kappa shape index (κ2) is 6.91. The van der Waals surface area contributed by atoms with Gasteiger partial charge in [-0.25, -0.2) is 9.78 Å². The molecule has 7 aliphatic rings. The number of aromatic hydroxyl groups is 4. The van der Waals surface area contributed by atoms with Crippen molar-refractivity contribution in [3.05, 3.63) is 23.8 Å². The van der Waals surface area contributed by atoms with E-state index in [1.54, 1.807) is 0 Å². The summed E-state index contributed by atoms with van der Waals surface area (Å²) >= 11 is 0. The first-order valence-corrected chi connectivity index (χ1v) is 13.6. The van der Waals surface area contributed by atoms with Crippen molar-refractivity contribution in [1.29, 1.82) is 0 Å². The largest absolute Gasteiger partial charge is 0.507 e. The van der Waals surface area contributed by atoms with Crippen molar-refractivity contribution < 1.29 is 39.3 Å². The minimum absolute atomic E-state index is 0.0136. The van der Waals surface area contributed by atoms with E-state index in [4.69, 9.17) is 14.3 Å². The van der Waals surface area contributed by atoms with Crippen LogP contribution < -0.4 is 10.6 Å². The van der Waals surface area contributed by atoms with Gasteiger partial charge in [-0.1, -0.05) is 0 Å². The molecule has 4 aliphatic carbocycles. The highest BCUT2D eigenvalue weighted by atomic mass is 31.2. The lowest BCUT2D eigenvalue weighted by molar-refractivity contribution is -0.429. The van der Waals surface area contributed by atoms with E-state index >= 15 is 0 Å². The Morgan fingerprint density at radius 2 is 1.62 bits per heavy atom. The van der Waals surface area contributed by atoms with E-state index in [0.29, 0.717) is 12.2 Å². The summed E-state index contributed by atoms with van der Waals surface area (Å²) < 4.78 is 19.9. The summed E-state index contributed by atoms with van der Waals surface area (Å²) in [6.45, 7) is 0.610. The fraction of sp³-hybridized carbons (Fsp3) is 0.520. The van der Waals surface area contributed by atoms with Crippen LogP contribution in [0.25, 0.3) is 11.1 Å². The summed E-state index contributed by atoms with van der Waals surface area (Å²) in [5, 5.41) is 42.8. The second-order valence-electron chi connectivity index (χ2n) is 11.0. The van der Waals surface area contributed by atoms with Gasteiger partial charge in [-0.05, 0) is 79.9 Å². The van der Waals surface area contributed by atoms with Gasteiger partial charge in [-0.2, -0.15) is 0 Å². The van der Waals surface area contributed by atoms with Crippen LogP contribution in [-0.2, 0) is 18.9 Å². The van der Waals surface area contributed by atoms with Crippen LogP contribution in [-0.4, -0.2) is 33.6 Å². The molecule has 0 spiro atoms. The van der Waals surface area contributed by atoms with E-state index in [-0.39, 0.29) is 51.0 Å². The summed E-state index contributed by atoms with van der Waals surface area (Å²) in [5.74, 6) is 0.962. The molecule has 0 radical (unpaired) electrons. The molecule has 1 saturated heterocycles. The monoisotopic (exact) mass is 486 g/mol. The van der Waals surface area contributed by atoms with Gasteiger partial charge in [0.2, 0.25) is 0 Å². The molecule has 5 fully saturated rings. The molecular weight excluding hydrogens is 459 g/mol. The lowest BCUT2D eigenvalue weighted by Gasteiger charge is -2.56. The van der Waals surface area contributed by atoms with Crippen molar-refractivity contribution in [3.63, 3.8) is 0 Å². The van der Waals surface area contributed by atoms with Crippen LogP contribution in [0, 0.1) is 23.2 Å². The average molecular weight is 486 g/mol. The Kier molecular flexibility index (Phi) is 4.28. The van der Waals surface area contributed by atoms with Gasteiger partial charge in [0.1, 0.15) is 41.0 Å². The molecule has 9 rings (SSSR count). The fourth-order valence-electron chi connectivity index (χ4n) is 7.62. The number of hydrogen-bond donors (Lipinski definition) is 4. The fourth-order valence-corrected chi connectivity index (χ4v) is 9.91. The number of rotatable bonds is 5. The van der Waals surface area contributed by atoms with Crippen molar-refractivity contribution in [2.24, 2.45) is 23.2 Å². The van der Waals surface area contributed by atoms with Crippen molar-refractivity contribution >= 4 is 18.0 Å². The minimum atomic E-state index is -3.58. The molecule has 3 heterocycles. The minimum Gasteiger partial charge on any atom is -0.507 e. The Hall–Kier alpha value is -2.25. The molecule has 6 bridgehead atoms. The third kappa shape index (κ3) is 2.74. The van der Waals surface area contributed by atoms with Gasteiger partial charge in [0, 0.05) is 11.1 Å². The Labute approximate surface area is 196 Å². The number of hydrogen-bond acceptors (Lipinski definition) is 8. The third-order valence-electron chi connectivity index (χ3n) is 8.76. The van der Waals surface area contributed by atoms with Gasteiger partial charge < -0.3 is 24.9 Å². The van der Waals surface area contributed by atoms with Gasteiger partial charge in [0.25, 0.3) is 7.37 Å². The smallest absolute Gasteiger partial charge is 0.272 e. The van der Waals surface area contributed by atoms with Crippen molar-refractivity contribution in [1.82, 2.24) is 0 Å². The van der Waals surface area contributed by atoms with Crippen LogP contribution in [0.15, 0.2) is 18.2 Å². The lowest BCUT2D eigenvalue weighted by atomic mass is 9.50. The number of benzene rings is 2. The van der Waals surface area contributed by atoms with Crippen LogP contribution >= 0.6 is 7.37 Å². The molecule has 4 N–H and O–H groups in total. The highest BCUT2D eigenvalue weighted by Gasteiger charge is 2.54. The maximum atomic E-state index is 13.8. The third-order valence-corrected chi connectivity index (χ3v) is 11.2. The van der Waals surface area contributed by atoms with E-state index in [2.05, 4.69) is 0 Å². The summed E-state index contributed by atoms with van der Waals surface area (Å²) in [6, 6.07) is 4.27. The van der Waals surface area contributed by atoms with Gasteiger partial charge in [-0.15, -0.1) is 0 Å². The highest BCUT2D eigenvalue weighted by Crippen LogP contribution is 2.65. The Bertz CT molecular complexity index is 1230. The summed E-state index contributed by atoms with van der Waals surface area (Å²) in [6.07, 6.45) is 6.68. The zero-order valence-corrected chi connectivity index (χ0v) is 19.5. The quantitative estimate of drug-likeness (QED) is 0.370. The van der Waals surface area contributed by atoms with E-state index < -0.39 is 19.2 Å². The van der Waals surface area contributed by atoms with Crippen LogP contribution in [0.2, 0.25) is 0 Å². The Morgan fingerprint density at radius 3 is 2.18 bits per heavy atom. The SMILES string of the molecule is O=P1(OCC23CC4CC(CC(C4)C2)C3)c2cc(-c3c(O)ccc(C4COO4)c3O)c(O)c1c2O. The molecule has 180 valence electrons. The standard InChI is InChI=1S/C25H27O8P/c26-17-2-1-15(18-10-31-33-18)21(27)20(17)16-6-19-23(29)24(22(16)28)34(19,30)32-11-25-7-12-3-13(8-25)5-14(4-12)9-25/h1-2,6,12-14,18,26-29H,3-5,7-11H2. The number of fused-ring (bicyclic) bond motifs is 2. The molecule has 2 unspecified atom stereocenters. The lowest BCUT2D eigenvalue weighted by Crippen LogP contribution is -2.48. The predicted molar refractivity (Wildman–Crippen MR) is 122 cm³/mol. The molecule has 2 aromatic carbocycles. The molecule has 2 aromatic rings. The molecule has 3 aliphatic heterocycles. The Morgan fingerprint density at radius 1 is 0.971 bits per heavy atom. The predicted octanol–water partition coefficient (Wildman–Crippen LogP) is 3.95. The molecule has 4 saturated carbocycles. The zero-order valence-electron chi connectivity index (χ0n) is 18.6. The van der Waals surface area contributed by atoms with E-state index in [1.807, 2.05) is 0 Å².